The molecule has 58 heavy (non-hydrogen) atoms. The minimum absolute atomic E-state index is 0.117. The number of aromatic nitrogens is 2. The summed E-state index contributed by atoms with van der Waals surface area (Å²) in [5, 5.41) is 4.93. The van der Waals surface area contributed by atoms with E-state index in [2.05, 4.69) is 59.7 Å². The Balaban J connectivity index is 1.02. The Labute approximate surface area is 339 Å². The molecule has 2 saturated heterocycles. The lowest BCUT2D eigenvalue weighted by molar-refractivity contribution is -0.135. The van der Waals surface area contributed by atoms with Crippen molar-refractivity contribution >= 4 is 40.3 Å². The van der Waals surface area contributed by atoms with Crippen LogP contribution < -0.4 is 10.1 Å². The molecule has 13 nitrogen and oxygen atoms in total. The molecule has 1 unspecified atom stereocenters. The predicted octanol–water partition coefficient (Wildman–Crippen LogP) is 7.98. The van der Waals surface area contributed by atoms with Gasteiger partial charge in [-0.2, -0.15) is 0 Å². The van der Waals surface area contributed by atoms with Crippen LogP contribution in [0.5, 0.6) is 5.75 Å². The van der Waals surface area contributed by atoms with Crippen molar-refractivity contribution in [3.8, 4) is 28.1 Å². The summed E-state index contributed by atoms with van der Waals surface area (Å²) >= 11 is 0. The van der Waals surface area contributed by atoms with E-state index in [0.717, 1.165) is 80.1 Å². The molecule has 5 atom stereocenters. The summed E-state index contributed by atoms with van der Waals surface area (Å²) in [5.41, 5.74) is 7.51. The number of ether oxygens (including phenoxy) is 4. The van der Waals surface area contributed by atoms with Gasteiger partial charge in [0, 0.05) is 43.8 Å². The molecule has 8 rings (SSSR count). The van der Waals surface area contributed by atoms with E-state index in [1.54, 1.807) is 7.11 Å². The van der Waals surface area contributed by atoms with Gasteiger partial charge in [-0.25, -0.2) is 14.6 Å². The van der Waals surface area contributed by atoms with Crippen LogP contribution in [-0.2, 0) is 32.0 Å². The monoisotopic (exact) mass is 790 g/mol. The first kappa shape index (κ1) is 39.4. The molecule has 13 heteroatoms. The zero-order valence-corrected chi connectivity index (χ0v) is 34.7. The second kappa shape index (κ2) is 15.4. The van der Waals surface area contributed by atoms with Gasteiger partial charge in [-0.1, -0.05) is 39.0 Å². The minimum atomic E-state index is -0.704. The van der Waals surface area contributed by atoms with Gasteiger partial charge >= 0.3 is 12.2 Å². The number of fused-ring (bicyclic) bond motifs is 6. The number of likely N-dealkylation sites (tertiary alicyclic amines) is 2. The van der Waals surface area contributed by atoms with Crippen LogP contribution in [-0.4, -0.2) is 95.2 Å². The van der Waals surface area contributed by atoms with Gasteiger partial charge in [0.2, 0.25) is 5.91 Å². The number of aliphatic imine (C=N–C) groups is 1. The number of amides is 3. The largest absolute Gasteiger partial charge is 0.488 e. The maximum absolute atomic E-state index is 13.8. The highest BCUT2D eigenvalue weighted by Gasteiger charge is 2.42. The number of methoxy groups -OCH3 is 2. The Kier molecular flexibility index (Phi) is 10.5. The summed E-state index contributed by atoms with van der Waals surface area (Å²) in [6.07, 6.45) is 3.08. The van der Waals surface area contributed by atoms with Gasteiger partial charge in [-0.05, 0) is 103 Å². The van der Waals surface area contributed by atoms with Crippen molar-refractivity contribution in [2.24, 2.45) is 22.7 Å². The SMILES string of the molecule is COC[C@H]1C[C@@H](C2=Nc3ccc4cc5c(cc4c3C2)OCc2cc(-c3cnc(C4C[C@H](C)CN4C(=O)[C@@H](NC(=O)OC)C(C)C)[nH]3)ccc2-5)N(C(=O)OC(C)(C)C)C1. The second-order valence-electron chi connectivity index (χ2n) is 17.7. The molecule has 0 spiro atoms. The Morgan fingerprint density at radius 1 is 1.00 bits per heavy atom. The third kappa shape index (κ3) is 7.52. The van der Waals surface area contributed by atoms with Gasteiger partial charge in [0.05, 0.1) is 43.4 Å². The molecule has 4 aliphatic heterocycles. The Bertz CT molecular complexity index is 2290. The van der Waals surface area contributed by atoms with Crippen LogP contribution in [0.25, 0.3) is 33.2 Å². The molecular formula is C45H54N6O7. The summed E-state index contributed by atoms with van der Waals surface area (Å²) in [7, 11) is 3.00. The fourth-order valence-electron chi connectivity index (χ4n) is 9.09. The maximum atomic E-state index is 13.8. The fraction of sp³-hybridized carbons (Fsp3) is 0.489. The Morgan fingerprint density at radius 3 is 2.55 bits per heavy atom. The maximum Gasteiger partial charge on any atom is 0.410 e. The molecule has 3 amide bonds. The molecule has 306 valence electrons. The van der Waals surface area contributed by atoms with Gasteiger partial charge < -0.3 is 34.1 Å². The highest BCUT2D eigenvalue weighted by Crippen LogP contribution is 2.45. The molecule has 0 bridgehead atoms. The fourth-order valence-corrected chi connectivity index (χ4v) is 9.09. The predicted molar refractivity (Wildman–Crippen MR) is 221 cm³/mol. The zero-order chi connectivity index (χ0) is 41.0. The standard InChI is InChI=1S/C45H54N6O7/c1-24(2)40(49-43(53)56-8)42(52)50-20-25(3)13-38(50)41-46-19-36(48-41)28-9-11-30-29(15-28)23-57-39-18-31-27(16-33(30)39)10-12-34-32(31)17-35(47-34)37-14-26(22-55-7)21-51(37)44(54)58-45(4,5)6/h9-12,15-16,18-19,24-26,37-38,40H,13-14,17,20-23H2,1-8H3,(H,46,48)(H,49,53)/t25-,26-,37-,38?,40-/m0/s1. The van der Waals surface area contributed by atoms with Gasteiger partial charge in [0.15, 0.2) is 0 Å². The van der Waals surface area contributed by atoms with Crippen molar-refractivity contribution in [3.63, 3.8) is 0 Å². The van der Waals surface area contributed by atoms with Crippen LogP contribution in [0.3, 0.4) is 0 Å². The summed E-state index contributed by atoms with van der Waals surface area (Å²) in [6, 6.07) is 13.8. The highest BCUT2D eigenvalue weighted by molar-refractivity contribution is 6.06. The van der Waals surface area contributed by atoms with E-state index in [0.29, 0.717) is 32.7 Å². The minimum Gasteiger partial charge on any atom is -0.488 e. The number of imidazole rings is 1. The van der Waals surface area contributed by atoms with Gasteiger partial charge in [0.25, 0.3) is 0 Å². The first-order chi connectivity index (χ1) is 27.7. The zero-order valence-electron chi connectivity index (χ0n) is 34.7. The summed E-state index contributed by atoms with van der Waals surface area (Å²) in [5.74, 6) is 1.78. The van der Waals surface area contributed by atoms with Gasteiger partial charge in [-0.15, -0.1) is 0 Å². The number of carbonyl (C=O) groups excluding carboxylic acids is 3. The van der Waals surface area contributed by atoms with Gasteiger partial charge in [0.1, 0.15) is 29.8 Å². The van der Waals surface area contributed by atoms with Crippen LogP contribution in [0.1, 0.15) is 77.4 Å². The lowest BCUT2D eigenvalue weighted by Crippen LogP contribution is -2.51. The van der Waals surface area contributed by atoms with Crippen LogP contribution in [0.4, 0.5) is 15.3 Å². The van der Waals surface area contributed by atoms with E-state index in [9.17, 15) is 14.4 Å². The van der Waals surface area contributed by atoms with E-state index in [1.807, 2.05) is 50.6 Å². The lowest BCUT2D eigenvalue weighted by atomic mass is 9.90. The smallest absolute Gasteiger partial charge is 0.410 e. The third-order valence-electron chi connectivity index (χ3n) is 11.8. The van der Waals surface area contributed by atoms with Crippen molar-refractivity contribution in [3.05, 3.63) is 65.6 Å². The summed E-state index contributed by atoms with van der Waals surface area (Å²) in [4.78, 5) is 56.3. The number of nitrogens with one attached hydrogen (secondary N) is 2. The number of hydrogen-bond donors (Lipinski definition) is 2. The molecule has 2 fully saturated rings. The number of alkyl carbamates (subject to hydrolysis) is 1. The van der Waals surface area contributed by atoms with Crippen molar-refractivity contribution in [1.29, 1.82) is 0 Å². The van der Waals surface area contributed by atoms with Crippen molar-refractivity contribution in [1.82, 2.24) is 25.1 Å². The molecule has 1 aromatic heterocycles. The van der Waals surface area contributed by atoms with E-state index >= 15 is 0 Å². The lowest BCUT2D eigenvalue weighted by Gasteiger charge is -2.30. The highest BCUT2D eigenvalue weighted by atomic mass is 16.6. The second-order valence-corrected chi connectivity index (χ2v) is 17.7. The normalized spacial score (nSPS) is 21.6. The quantitative estimate of drug-likeness (QED) is 0.183. The number of carbonyl (C=O) groups is 3. The molecule has 2 N–H and O–H groups in total. The Hall–Kier alpha value is -5.43. The number of nitrogens with zero attached hydrogens (tertiary/aromatic N) is 4. The molecule has 0 saturated carbocycles. The van der Waals surface area contributed by atoms with E-state index < -0.39 is 17.7 Å². The molecule has 4 aromatic rings. The van der Waals surface area contributed by atoms with E-state index in [4.69, 9.17) is 28.9 Å². The number of benzene rings is 3. The van der Waals surface area contributed by atoms with Crippen LogP contribution in [0, 0.1) is 17.8 Å². The first-order valence-corrected chi connectivity index (χ1v) is 20.3. The number of rotatable bonds is 8. The molecule has 3 aromatic carbocycles. The van der Waals surface area contributed by atoms with E-state index in [-0.39, 0.29) is 41.8 Å². The van der Waals surface area contributed by atoms with Crippen molar-refractivity contribution in [2.45, 2.75) is 91.1 Å². The average Bonchev–Trinajstić information content (AvgIpc) is 4.00. The molecular weight excluding hydrogens is 737 g/mol. The molecule has 4 aliphatic rings. The summed E-state index contributed by atoms with van der Waals surface area (Å²) in [6.45, 7) is 13.8. The average molecular weight is 791 g/mol. The number of hydrogen-bond acceptors (Lipinski definition) is 9. The molecule has 0 radical (unpaired) electrons. The van der Waals surface area contributed by atoms with E-state index in [1.165, 1.54) is 7.11 Å². The third-order valence-corrected chi connectivity index (χ3v) is 11.8. The number of aromatic amines is 1. The van der Waals surface area contributed by atoms with Crippen LogP contribution >= 0.6 is 0 Å². The van der Waals surface area contributed by atoms with Gasteiger partial charge in [-0.3, -0.25) is 14.7 Å². The first-order valence-electron chi connectivity index (χ1n) is 20.3. The molecule has 5 heterocycles. The summed E-state index contributed by atoms with van der Waals surface area (Å²) < 4.78 is 22.6. The van der Waals surface area contributed by atoms with Crippen molar-refractivity contribution in [2.75, 3.05) is 33.9 Å². The van der Waals surface area contributed by atoms with Crippen LogP contribution in [0.15, 0.2) is 53.7 Å². The number of H-pyrrole nitrogens is 1. The van der Waals surface area contributed by atoms with Crippen molar-refractivity contribution < 1.29 is 33.3 Å². The van der Waals surface area contributed by atoms with Crippen LogP contribution in [0.2, 0.25) is 0 Å². The Morgan fingerprint density at radius 2 is 1.81 bits per heavy atom. The topological polar surface area (TPSA) is 148 Å². The molecule has 0 aliphatic carbocycles.